The summed E-state index contributed by atoms with van der Waals surface area (Å²) in [5.41, 5.74) is 5.10. The van der Waals surface area contributed by atoms with Crippen molar-refractivity contribution in [2.45, 2.75) is 57.8 Å². The van der Waals surface area contributed by atoms with Gasteiger partial charge in [-0.2, -0.15) is 0 Å². The number of fused-ring (bicyclic) bond motifs is 1. The highest BCUT2D eigenvalue weighted by Gasteiger charge is 2.43. The molecular weight excluding hydrogens is 434 g/mol. The summed E-state index contributed by atoms with van der Waals surface area (Å²) < 4.78 is 0. The summed E-state index contributed by atoms with van der Waals surface area (Å²) in [6.07, 6.45) is 5.44. The average molecular weight is 466 g/mol. The number of unbranched alkanes of at least 4 members (excludes halogenated alkanes) is 1. The monoisotopic (exact) mass is 465 g/mol. The van der Waals surface area contributed by atoms with Crippen LogP contribution in [0.4, 0.5) is 11.4 Å². The van der Waals surface area contributed by atoms with Gasteiger partial charge in [-0.05, 0) is 100 Å². The zero-order chi connectivity index (χ0) is 23.6. The molecule has 1 saturated heterocycles. The molecule has 2 aromatic rings. The first-order chi connectivity index (χ1) is 15.9. The lowest BCUT2D eigenvalue weighted by molar-refractivity contribution is -0.108. The molecule has 2 heterocycles. The van der Waals surface area contributed by atoms with Crippen LogP contribution in [0.15, 0.2) is 41.4 Å². The molecule has 2 aliphatic heterocycles. The number of amides is 1. The molecule has 0 aromatic heterocycles. The van der Waals surface area contributed by atoms with Crippen molar-refractivity contribution in [1.82, 2.24) is 4.90 Å². The Kier molecular flexibility index (Phi) is 7.01. The maximum Gasteiger partial charge on any atom is 0.234 e. The van der Waals surface area contributed by atoms with Crippen molar-refractivity contribution in [1.29, 1.82) is 0 Å². The molecule has 5 nitrogen and oxygen atoms in total. The van der Waals surface area contributed by atoms with Crippen molar-refractivity contribution < 1.29 is 9.59 Å². The summed E-state index contributed by atoms with van der Waals surface area (Å²) in [6, 6.07) is 12.6. The third kappa shape index (κ3) is 4.49. The molecule has 0 saturated carbocycles. The number of carbonyl (C=O) groups excluding carboxylic acids is 2. The van der Waals surface area contributed by atoms with Crippen LogP contribution in [0.3, 0.4) is 0 Å². The Labute approximate surface area is 201 Å². The highest BCUT2D eigenvalue weighted by molar-refractivity contribution is 6.32. The minimum Gasteiger partial charge on any atom is -0.303 e. The Bertz CT molecular complexity index is 1070. The zero-order valence-corrected chi connectivity index (χ0v) is 20.4. The third-order valence-corrected chi connectivity index (χ3v) is 7.63. The first kappa shape index (κ1) is 23.7. The van der Waals surface area contributed by atoms with Gasteiger partial charge in [0.1, 0.15) is 12.1 Å². The van der Waals surface area contributed by atoms with E-state index in [4.69, 9.17) is 11.6 Å². The van der Waals surface area contributed by atoms with Gasteiger partial charge in [0, 0.05) is 11.4 Å². The molecule has 0 aliphatic carbocycles. The first-order valence-electron chi connectivity index (χ1n) is 11.8. The van der Waals surface area contributed by atoms with Crippen molar-refractivity contribution in [3.8, 4) is 0 Å². The number of anilines is 2. The van der Waals surface area contributed by atoms with E-state index >= 15 is 0 Å². The average Bonchev–Trinajstić information content (AvgIpc) is 3.03. The Hall–Kier alpha value is -2.50. The van der Waals surface area contributed by atoms with Gasteiger partial charge in [-0.3, -0.25) is 9.69 Å². The van der Waals surface area contributed by atoms with Crippen LogP contribution in [0.1, 0.15) is 62.1 Å². The van der Waals surface area contributed by atoms with Gasteiger partial charge in [0.05, 0.1) is 16.8 Å². The Morgan fingerprint density at radius 2 is 1.88 bits per heavy atom. The lowest BCUT2D eigenvalue weighted by atomic mass is 9.83. The second-order valence-corrected chi connectivity index (χ2v) is 10.0. The number of piperidine rings is 1. The van der Waals surface area contributed by atoms with Gasteiger partial charge in [0.25, 0.3) is 0 Å². The predicted molar refractivity (Wildman–Crippen MR) is 135 cm³/mol. The van der Waals surface area contributed by atoms with Gasteiger partial charge in [-0.1, -0.05) is 29.8 Å². The molecule has 1 amide bonds. The van der Waals surface area contributed by atoms with E-state index in [1.54, 1.807) is 0 Å². The molecule has 0 unspecified atom stereocenters. The van der Waals surface area contributed by atoms with Crippen molar-refractivity contribution >= 4 is 41.5 Å². The molecule has 6 heteroatoms. The maximum atomic E-state index is 11.5. The second-order valence-electron chi connectivity index (χ2n) is 9.60. The van der Waals surface area contributed by atoms with Crippen LogP contribution in [0.25, 0.3) is 0 Å². The van der Waals surface area contributed by atoms with Crippen molar-refractivity contribution in [3.05, 3.63) is 58.1 Å². The molecule has 174 valence electrons. The quantitative estimate of drug-likeness (QED) is 0.383. The number of aldehydes is 1. The van der Waals surface area contributed by atoms with Crippen LogP contribution in [0, 0.1) is 6.92 Å². The van der Waals surface area contributed by atoms with Crippen LogP contribution >= 0.6 is 11.6 Å². The third-order valence-electron chi connectivity index (χ3n) is 7.22. The maximum absolute atomic E-state index is 11.5. The lowest BCUT2D eigenvalue weighted by Crippen LogP contribution is -2.34. The smallest absolute Gasteiger partial charge is 0.234 e. The summed E-state index contributed by atoms with van der Waals surface area (Å²) in [5, 5.41) is 0.697. The number of carbonyl (C=O) groups is 2. The summed E-state index contributed by atoms with van der Waals surface area (Å²) in [6.45, 7) is 9.35. The molecule has 2 aliphatic rings. The molecule has 0 radical (unpaired) electrons. The molecule has 33 heavy (non-hydrogen) atoms. The van der Waals surface area contributed by atoms with Gasteiger partial charge in [0.15, 0.2) is 0 Å². The number of hydrogen-bond acceptors (Lipinski definition) is 3. The van der Waals surface area contributed by atoms with E-state index in [9.17, 15) is 9.59 Å². The van der Waals surface area contributed by atoms with Crippen LogP contribution in [0.5, 0.6) is 0 Å². The fraction of sp³-hybridized carbons (Fsp3) is 0.444. The van der Waals surface area contributed by atoms with Crippen LogP contribution in [0.2, 0.25) is 5.02 Å². The first-order valence-corrected chi connectivity index (χ1v) is 12.1. The van der Waals surface area contributed by atoms with E-state index < -0.39 is 5.41 Å². The highest BCUT2D eigenvalue weighted by atomic mass is 35.5. The lowest BCUT2D eigenvalue weighted by Gasteiger charge is -2.32. The molecule has 1 fully saturated rings. The van der Waals surface area contributed by atoms with Crippen molar-refractivity contribution in [2.75, 3.05) is 24.5 Å². The van der Waals surface area contributed by atoms with Gasteiger partial charge in [-0.15, -0.1) is 0 Å². The van der Waals surface area contributed by atoms with Crippen LogP contribution in [-0.2, 0) is 15.0 Å². The molecule has 2 aromatic carbocycles. The standard InChI is InChI=1S/C27H32ClN3O2/c1-19-23(28)7-6-8-24(19)31-25-17-21(9-10-22(25)27(2,3)26(31)29-18-33)20-11-14-30(15-12-20)13-4-5-16-32/h6-10,16-18,20H,4-5,11-15H2,1-3H3. The van der Waals surface area contributed by atoms with E-state index in [1.165, 1.54) is 5.56 Å². The number of likely N-dealkylation sites (tertiary alicyclic amines) is 1. The van der Waals surface area contributed by atoms with E-state index in [2.05, 4.69) is 46.8 Å². The van der Waals surface area contributed by atoms with Gasteiger partial charge >= 0.3 is 0 Å². The fourth-order valence-electron chi connectivity index (χ4n) is 5.27. The van der Waals surface area contributed by atoms with Gasteiger partial charge < -0.3 is 9.69 Å². The molecule has 4 rings (SSSR count). The summed E-state index contributed by atoms with van der Waals surface area (Å²) in [7, 11) is 0. The van der Waals surface area contributed by atoms with E-state index in [-0.39, 0.29) is 0 Å². The topological polar surface area (TPSA) is 53.0 Å². The number of amidine groups is 1. The second kappa shape index (κ2) is 9.78. The number of benzene rings is 2. The van der Waals surface area contributed by atoms with Crippen LogP contribution in [-0.4, -0.2) is 43.1 Å². The summed E-state index contributed by atoms with van der Waals surface area (Å²) in [5.74, 6) is 1.22. The Morgan fingerprint density at radius 1 is 1.12 bits per heavy atom. The molecule has 0 spiro atoms. The fourth-order valence-corrected chi connectivity index (χ4v) is 5.44. The number of nitrogens with zero attached hydrogens (tertiary/aromatic N) is 3. The highest BCUT2D eigenvalue weighted by Crippen LogP contribution is 2.48. The van der Waals surface area contributed by atoms with Crippen molar-refractivity contribution in [2.24, 2.45) is 4.99 Å². The van der Waals surface area contributed by atoms with Crippen LogP contribution < -0.4 is 4.90 Å². The zero-order valence-electron chi connectivity index (χ0n) is 19.7. The Balaban J connectivity index is 1.68. The molecular formula is C27H32ClN3O2. The largest absolute Gasteiger partial charge is 0.303 e. The predicted octanol–water partition coefficient (Wildman–Crippen LogP) is 5.79. The minimum absolute atomic E-state index is 0.397. The van der Waals surface area contributed by atoms with E-state index in [1.807, 2.05) is 25.1 Å². The normalized spacial score (nSPS) is 19.6. The molecule has 0 atom stereocenters. The Morgan fingerprint density at radius 3 is 2.58 bits per heavy atom. The minimum atomic E-state index is -0.397. The SMILES string of the molecule is Cc1c(Cl)cccc1N1C(=NC=O)C(C)(C)c2ccc(C3CCN(CCCC=O)CC3)cc21. The summed E-state index contributed by atoms with van der Waals surface area (Å²) in [4.78, 5) is 31.0. The van der Waals surface area contributed by atoms with Gasteiger partial charge in [-0.25, -0.2) is 4.99 Å². The number of aliphatic imine (C=N–C) groups is 1. The number of hydrogen-bond donors (Lipinski definition) is 0. The molecule has 0 N–H and O–H groups in total. The summed E-state index contributed by atoms with van der Waals surface area (Å²) >= 11 is 6.47. The van der Waals surface area contributed by atoms with E-state index in [0.717, 1.165) is 73.5 Å². The molecule has 0 bridgehead atoms. The van der Waals surface area contributed by atoms with Crippen molar-refractivity contribution in [3.63, 3.8) is 0 Å². The van der Waals surface area contributed by atoms with Gasteiger partial charge in [0.2, 0.25) is 6.41 Å². The number of halogens is 1. The number of rotatable bonds is 7. The van der Waals surface area contributed by atoms with E-state index in [0.29, 0.717) is 23.8 Å².